The van der Waals surface area contributed by atoms with Gasteiger partial charge >= 0.3 is 5.69 Å². The molecule has 32 heavy (non-hydrogen) atoms. The van der Waals surface area contributed by atoms with Crippen molar-refractivity contribution in [2.45, 2.75) is 58.3 Å². The number of aromatic nitrogens is 4. The van der Waals surface area contributed by atoms with E-state index in [4.69, 9.17) is 4.98 Å². The zero-order chi connectivity index (χ0) is 22.1. The van der Waals surface area contributed by atoms with Crippen molar-refractivity contribution in [2.24, 2.45) is 0 Å². The van der Waals surface area contributed by atoms with Crippen molar-refractivity contribution >= 4 is 11.2 Å². The number of imidazole rings is 1. The first-order chi connectivity index (χ1) is 15.6. The minimum Gasteiger partial charge on any atom is -0.321 e. The van der Waals surface area contributed by atoms with Crippen LogP contribution >= 0.6 is 0 Å². The maximum Gasteiger partial charge on any atom is 0.330 e. The molecule has 0 atom stereocenters. The van der Waals surface area contributed by atoms with Crippen molar-refractivity contribution in [3.63, 3.8) is 0 Å². The number of H-pyrrole nitrogens is 1. The van der Waals surface area contributed by atoms with Gasteiger partial charge in [-0.05, 0) is 24.8 Å². The Kier molecular flexibility index (Phi) is 5.97. The SMILES string of the molecule is CCCCn1c(CN2CCN(C3CC3)CC2)nc2c1c(=O)[nH]c(=O)n2Cc1ccccc1. The van der Waals surface area contributed by atoms with E-state index in [2.05, 4.69) is 21.7 Å². The summed E-state index contributed by atoms with van der Waals surface area (Å²) in [5.41, 5.74) is 1.26. The molecule has 1 N–H and O–H groups in total. The van der Waals surface area contributed by atoms with E-state index < -0.39 is 5.69 Å². The molecule has 8 nitrogen and oxygen atoms in total. The van der Waals surface area contributed by atoms with E-state index in [0.717, 1.165) is 63.0 Å². The van der Waals surface area contributed by atoms with Gasteiger partial charge in [-0.1, -0.05) is 43.7 Å². The van der Waals surface area contributed by atoms with E-state index in [1.807, 2.05) is 34.9 Å². The predicted octanol–water partition coefficient (Wildman–Crippen LogP) is 2.01. The number of aryl methyl sites for hydroxylation is 1. The third kappa shape index (κ3) is 4.29. The topological polar surface area (TPSA) is 79.2 Å². The smallest absolute Gasteiger partial charge is 0.321 e. The molecule has 3 aromatic rings. The molecule has 5 rings (SSSR count). The van der Waals surface area contributed by atoms with Gasteiger partial charge in [0, 0.05) is 38.8 Å². The van der Waals surface area contributed by atoms with Gasteiger partial charge in [0.1, 0.15) is 5.82 Å². The molecule has 2 fully saturated rings. The predicted molar refractivity (Wildman–Crippen MR) is 125 cm³/mol. The normalized spacial score (nSPS) is 17.9. The van der Waals surface area contributed by atoms with Crippen molar-refractivity contribution in [1.29, 1.82) is 0 Å². The maximum atomic E-state index is 12.9. The van der Waals surface area contributed by atoms with Gasteiger partial charge in [-0.15, -0.1) is 0 Å². The lowest BCUT2D eigenvalue weighted by Gasteiger charge is -2.34. The first-order valence-corrected chi connectivity index (χ1v) is 11.9. The third-order valence-corrected chi connectivity index (χ3v) is 6.72. The van der Waals surface area contributed by atoms with Crippen LogP contribution in [0.15, 0.2) is 39.9 Å². The number of aromatic amines is 1. The molecule has 2 aromatic heterocycles. The highest BCUT2D eigenvalue weighted by atomic mass is 16.2. The van der Waals surface area contributed by atoms with E-state index in [9.17, 15) is 9.59 Å². The zero-order valence-corrected chi connectivity index (χ0v) is 18.8. The molecule has 1 aromatic carbocycles. The number of piperazine rings is 1. The summed E-state index contributed by atoms with van der Waals surface area (Å²) in [4.78, 5) is 38.0. The summed E-state index contributed by atoms with van der Waals surface area (Å²) in [5.74, 6) is 0.881. The molecule has 8 heteroatoms. The Balaban J connectivity index is 1.50. The average molecular weight is 437 g/mol. The summed E-state index contributed by atoms with van der Waals surface area (Å²) in [7, 11) is 0. The number of hydrogen-bond donors (Lipinski definition) is 1. The van der Waals surface area contributed by atoms with Crippen molar-refractivity contribution in [2.75, 3.05) is 26.2 Å². The average Bonchev–Trinajstić information content (AvgIpc) is 3.59. The Labute approximate surface area is 187 Å². The van der Waals surface area contributed by atoms with Crippen molar-refractivity contribution in [3.8, 4) is 0 Å². The number of nitrogens with zero attached hydrogens (tertiary/aromatic N) is 5. The van der Waals surface area contributed by atoms with Crippen LogP contribution in [0.1, 0.15) is 44.0 Å². The van der Waals surface area contributed by atoms with Gasteiger partial charge in [0.2, 0.25) is 0 Å². The minimum absolute atomic E-state index is 0.345. The van der Waals surface area contributed by atoms with E-state index in [1.54, 1.807) is 4.57 Å². The second-order valence-electron chi connectivity index (χ2n) is 9.08. The summed E-state index contributed by atoms with van der Waals surface area (Å²) in [6.07, 6.45) is 4.68. The molecule has 0 bridgehead atoms. The van der Waals surface area contributed by atoms with Gasteiger partial charge < -0.3 is 4.57 Å². The fraction of sp³-hybridized carbons (Fsp3) is 0.542. The Bertz CT molecular complexity index is 1180. The first kappa shape index (κ1) is 21.2. The van der Waals surface area contributed by atoms with Crippen LogP contribution in [0.4, 0.5) is 0 Å². The lowest BCUT2D eigenvalue weighted by Crippen LogP contribution is -2.46. The molecule has 0 radical (unpaired) electrons. The van der Waals surface area contributed by atoms with Gasteiger partial charge in [0.05, 0.1) is 13.1 Å². The molecular weight excluding hydrogens is 404 g/mol. The van der Waals surface area contributed by atoms with E-state index >= 15 is 0 Å². The van der Waals surface area contributed by atoms with Crippen LogP contribution in [0, 0.1) is 0 Å². The fourth-order valence-corrected chi connectivity index (χ4v) is 4.73. The summed E-state index contributed by atoms with van der Waals surface area (Å²) in [6.45, 7) is 8.19. The largest absolute Gasteiger partial charge is 0.330 e. The second kappa shape index (κ2) is 9.03. The summed E-state index contributed by atoms with van der Waals surface area (Å²) >= 11 is 0. The number of rotatable bonds is 8. The second-order valence-corrected chi connectivity index (χ2v) is 9.08. The van der Waals surface area contributed by atoms with E-state index in [1.165, 1.54) is 12.8 Å². The van der Waals surface area contributed by atoms with Crippen LogP contribution < -0.4 is 11.2 Å². The van der Waals surface area contributed by atoms with Gasteiger partial charge in [-0.3, -0.25) is 24.1 Å². The van der Waals surface area contributed by atoms with Crippen molar-refractivity contribution in [1.82, 2.24) is 28.9 Å². The van der Waals surface area contributed by atoms with Gasteiger partial charge in [-0.25, -0.2) is 9.78 Å². The van der Waals surface area contributed by atoms with Crippen LogP contribution in [0.5, 0.6) is 0 Å². The van der Waals surface area contributed by atoms with Crippen LogP contribution in [-0.4, -0.2) is 61.1 Å². The molecular formula is C24H32N6O2. The van der Waals surface area contributed by atoms with Gasteiger partial charge in [-0.2, -0.15) is 0 Å². The highest BCUT2D eigenvalue weighted by Crippen LogP contribution is 2.27. The molecule has 1 saturated heterocycles. The quantitative estimate of drug-likeness (QED) is 0.584. The summed E-state index contributed by atoms with van der Waals surface area (Å²) < 4.78 is 3.65. The summed E-state index contributed by atoms with van der Waals surface area (Å²) in [5, 5.41) is 0. The molecule has 1 aliphatic heterocycles. The standard InChI is InChI=1S/C24H32N6O2/c1-2-3-11-29-20(17-27-12-14-28(15-13-27)19-9-10-19)25-22-21(29)23(31)26-24(32)30(22)16-18-7-5-4-6-8-18/h4-8,19H,2-3,9-17H2,1H3,(H,26,31,32). The number of unbranched alkanes of at least 4 members (excludes halogenated alkanes) is 1. The monoisotopic (exact) mass is 436 g/mol. The lowest BCUT2D eigenvalue weighted by molar-refractivity contribution is 0.118. The molecule has 0 amide bonds. The highest BCUT2D eigenvalue weighted by molar-refractivity contribution is 5.71. The molecule has 0 spiro atoms. The number of nitrogens with one attached hydrogen (secondary N) is 1. The number of fused-ring (bicyclic) bond motifs is 1. The zero-order valence-electron chi connectivity index (χ0n) is 18.8. The maximum absolute atomic E-state index is 12.9. The van der Waals surface area contributed by atoms with Crippen molar-refractivity contribution < 1.29 is 0 Å². The van der Waals surface area contributed by atoms with Gasteiger partial charge in [0.25, 0.3) is 5.56 Å². The highest BCUT2D eigenvalue weighted by Gasteiger charge is 2.31. The Morgan fingerprint density at radius 2 is 1.75 bits per heavy atom. The summed E-state index contributed by atoms with van der Waals surface area (Å²) in [6, 6.07) is 10.6. The Morgan fingerprint density at radius 3 is 2.44 bits per heavy atom. The van der Waals surface area contributed by atoms with E-state index in [-0.39, 0.29) is 5.56 Å². The molecule has 170 valence electrons. The minimum atomic E-state index is -0.406. The van der Waals surface area contributed by atoms with Gasteiger partial charge in [0.15, 0.2) is 11.2 Å². The van der Waals surface area contributed by atoms with Crippen LogP contribution in [0.3, 0.4) is 0 Å². The Morgan fingerprint density at radius 1 is 1.00 bits per heavy atom. The van der Waals surface area contributed by atoms with Crippen LogP contribution in [0.2, 0.25) is 0 Å². The van der Waals surface area contributed by atoms with Crippen molar-refractivity contribution in [3.05, 3.63) is 62.6 Å². The molecule has 3 heterocycles. The molecule has 0 unspecified atom stereocenters. The van der Waals surface area contributed by atoms with E-state index in [0.29, 0.717) is 24.3 Å². The fourth-order valence-electron chi connectivity index (χ4n) is 4.73. The number of hydrogen-bond acceptors (Lipinski definition) is 5. The Hall–Kier alpha value is -2.71. The molecule has 1 aliphatic carbocycles. The number of benzene rings is 1. The third-order valence-electron chi connectivity index (χ3n) is 6.72. The first-order valence-electron chi connectivity index (χ1n) is 11.9. The lowest BCUT2D eigenvalue weighted by atomic mass is 10.2. The molecule has 1 saturated carbocycles. The van der Waals surface area contributed by atoms with Crippen LogP contribution in [-0.2, 0) is 19.6 Å². The van der Waals surface area contributed by atoms with Crippen LogP contribution in [0.25, 0.3) is 11.2 Å². The molecule has 2 aliphatic rings.